The van der Waals surface area contributed by atoms with Crippen LogP contribution >= 0.6 is 0 Å². The molecule has 0 aliphatic rings. The minimum Gasteiger partial charge on any atom is -0.478 e. The molecule has 6 heteroatoms. The molecule has 0 aromatic carbocycles. The SMILES string of the molecule is CCCOc1cc(NCCCOCCO)ncn1. The number of aliphatic hydroxyl groups excluding tert-OH is 1. The molecule has 1 heterocycles. The number of nitrogens with one attached hydrogen (secondary N) is 1. The van der Waals surface area contributed by atoms with E-state index in [0.717, 1.165) is 25.2 Å². The number of rotatable bonds is 10. The summed E-state index contributed by atoms with van der Waals surface area (Å²) in [6.45, 7) is 4.55. The number of aromatic nitrogens is 2. The molecule has 2 N–H and O–H groups in total. The summed E-state index contributed by atoms with van der Waals surface area (Å²) in [5, 5.41) is 11.7. The molecule has 0 atom stereocenters. The van der Waals surface area contributed by atoms with E-state index in [4.69, 9.17) is 14.6 Å². The lowest BCUT2D eigenvalue weighted by Crippen LogP contribution is -2.09. The Hall–Kier alpha value is -1.40. The fraction of sp³-hybridized carbons (Fsp3) is 0.667. The second-order valence-electron chi connectivity index (χ2n) is 3.71. The molecular weight excluding hydrogens is 234 g/mol. The van der Waals surface area contributed by atoms with E-state index in [1.165, 1.54) is 6.33 Å². The molecule has 0 saturated carbocycles. The summed E-state index contributed by atoms with van der Waals surface area (Å²) >= 11 is 0. The van der Waals surface area contributed by atoms with Crippen LogP contribution in [-0.2, 0) is 4.74 Å². The van der Waals surface area contributed by atoms with Crippen molar-refractivity contribution in [2.24, 2.45) is 0 Å². The van der Waals surface area contributed by atoms with Crippen LogP contribution < -0.4 is 10.1 Å². The maximum atomic E-state index is 8.53. The first-order valence-electron chi connectivity index (χ1n) is 6.24. The van der Waals surface area contributed by atoms with Crippen molar-refractivity contribution in [1.29, 1.82) is 0 Å². The summed E-state index contributed by atoms with van der Waals surface area (Å²) in [6, 6.07) is 1.78. The Morgan fingerprint density at radius 1 is 1.28 bits per heavy atom. The maximum absolute atomic E-state index is 8.53. The zero-order chi connectivity index (χ0) is 13.1. The highest BCUT2D eigenvalue weighted by Gasteiger charge is 1.98. The Morgan fingerprint density at radius 3 is 2.94 bits per heavy atom. The number of anilines is 1. The zero-order valence-electron chi connectivity index (χ0n) is 10.8. The molecule has 0 saturated heterocycles. The molecule has 0 aliphatic carbocycles. The molecular formula is C12H21N3O3. The van der Waals surface area contributed by atoms with Crippen molar-refractivity contribution >= 4 is 5.82 Å². The van der Waals surface area contributed by atoms with Crippen LogP contribution in [0.1, 0.15) is 19.8 Å². The molecule has 0 aliphatic heterocycles. The smallest absolute Gasteiger partial charge is 0.218 e. The van der Waals surface area contributed by atoms with Gasteiger partial charge < -0.3 is 19.9 Å². The Morgan fingerprint density at radius 2 is 2.17 bits per heavy atom. The second kappa shape index (κ2) is 9.61. The topological polar surface area (TPSA) is 76.5 Å². The van der Waals surface area contributed by atoms with Crippen molar-refractivity contribution in [3.63, 3.8) is 0 Å². The highest BCUT2D eigenvalue weighted by molar-refractivity contribution is 5.36. The van der Waals surface area contributed by atoms with Crippen LogP contribution in [0.4, 0.5) is 5.82 Å². The molecule has 0 spiro atoms. The third kappa shape index (κ3) is 6.36. The molecule has 0 fully saturated rings. The predicted octanol–water partition coefficient (Wildman–Crippen LogP) is 1.08. The highest BCUT2D eigenvalue weighted by Crippen LogP contribution is 2.10. The van der Waals surface area contributed by atoms with E-state index in [2.05, 4.69) is 15.3 Å². The van der Waals surface area contributed by atoms with Gasteiger partial charge in [-0.25, -0.2) is 9.97 Å². The van der Waals surface area contributed by atoms with Crippen LogP contribution in [0, 0.1) is 0 Å². The molecule has 0 radical (unpaired) electrons. The van der Waals surface area contributed by atoms with Crippen molar-refractivity contribution in [2.45, 2.75) is 19.8 Å². The van der Waals surface area contributed by atoms with E-state index in [-0.39, 0.29) is 6.61 Å². The molecule has 0 unspecified atom stereocenters. The molecule has 1 rings (SSSR count). The average molecular weight is 255 g/mol. The average Bonchev–Trinajstić information content (AvgIpc) is 2.41. The van der Waals surface area contributed by atoms with E-state index in [0.29, 0.717) is 25.7 Å². The summed E-state index contributed by atoms with van der Waals surface area (Å²) in [5.41, 5.74) is 0. The van der Waals surface area contributed by atoms with Gasteiger partial charge in [-0.05, 0) is 12.8 Å². The summed E-state index contributed by atoms with van der Waals surface area (Å²) < 4.78 is 10.6. The third-order valence-corrected chi connectivity index (χ3v) is 2.10. The quantitative estimate of drug-likeness (QED) is 0.609. The largest absolute Gasteiger partial charge is 0.478 e. The summed E-state index contributed by atoms with van der Waals surface area (Å²) in [6.07, 6.45) is 3.29. The number of aliphatic hydroxyl groups is 1. The van der Waals surface area contributed by atoms with Crippen molar-refractivity contribution < 1.29 is 14.6 Å². The maximum Gasteiger partial charge on any atom is 0.218 e. The van der Waals surface area contributed by atoms with Crippen LogP contribution in [0.25, 0.3) is 0 Å². The van der Waals surface area contributed by atoms with E-state index >= 15 is 0 Å². The molecule has 102 valence electrons. The lowest BCUT2D eigenvalue weighted by molar-refractivity contribution is 0.0922. The zero-order valence-corrected chi connectivity index (χ0v) is 10.8. The lowest BCUT2D eigenvalue weighted by Gasteiger charge is -2.07. The first-order chi connectivity index (χ1) is 8.86. The third-order valence-electron chi connectivity index (χ3n) is 2.10. The van der Waals surface area contributed by atoms with E-state index in [1.54, 1.807) is 6.07 Å². The summed E-state index contributed by atoms with van der Waals surface area (Å²) in [7, 11) is 0. The molecule has 0 bridgehead atoms. The first-order valence-corrected chi connectivity index (χ1v) is 6.24. The van der Waals surface area contributed by atoms with Crippen molar-refractivity contribution in [1.82, 2.24) is 9.97 Å². The van der Waals surface area contributed by atoms with Gasteiger partial charge in [0, 0.05) is 19.2 Å². The first kappa shape index (κ1) is 14.7. The van der Waals surface area contributed by atoms with Crippen LogP contribution in [0.3, 0.4) is 0 Å². The van der Waals surface area contributed by atoms with Crippen molar-refractivity contribution in [3.05, 3.63) is 12.4 Å². The van der Waals surface area contributed by atoms with Gasteiger partial charge in [-0.1, -0.05) is 6.92 Å². The molecule has 0 amide bonds. The highest BCUT2D eigenvalue weighted by atomic mass is 16.5. The number of nitrogens with zero attached hydrogens (tertiary/aromatic N) is 2. The molecule has 18 heavy (non-hydrogen) atoms. The molecule has 1 aromatic rings. The van der Waals surface area contributed by atoms with E-state index < -0.39 is 0 Å². The Kier molecular flexibility index (Phi) is 7.83. The van der Waals surface area contributed by atoms with E-state index in [9.17, 15) is 0 Å². The summed E-state index contributed by atoms with van der Waals surface area (Å²) in [4.78, 5) is 8.12. The van der Waals surface area contributed by atoms with Crippen molar-refractivity contribution in [2.75, 3.05) is 38.3 Å². The number of hydrogen-bond acceptors (Lipinski definition) is 6. The summed E-state index contributed by atoms with van der Waals surface area (Å²) in [5.74, 6) is 1.34. The fourth-order valence-corrected chi connectivity index (χ4v) is 1.28. The normalized spacial score (nSPS) is 10.3. The van der Waals surface area contributed by atoms with Crippen LogP contribution in [0.15, 0.2) is 12.4 Å². The minimum absolute atomic E-state index is 0.0669. The standard InChI is InChI=1S/C12H21N3O3/c1-2-6-18-12-9-11(14-10-15-12)13-4-3-7-17-8-5-16/h9-10,16H,2-8H2,1H3,(H,13,14,15). The number of ether oxygens (including phenoxy) is 2. The Bertz CT molecular complexity index is 323. The Balaban J connectivity index is 2.20. The van der Waals surface area contributed by atoms with Gasteiger partial charge in [0.15, 0.2) is 0 Å². The predicted molar refractivity (Wildman–Crippen MR) is 68.8 cm³/mol. The van der Waals surface area contributed by atoms with Gasteiger partial charge in [0.25, 0.3) is 0 Å². The monoisotopic (exact) mass is 255 g/mol. The fourth-order valence-electron chi connectivity index (χ4n) is 1.28. The van der Waals surface area contributed by atoms with Crippen LogP contribution in [0.2, 0.25) is 0 Å². The van der Waals surface area contributed by atoms with Gasteiger partial charge in [0.2, 0.25) is 5.88 Å². The van der Waals surface area contributed by atoms with Gasteiger partial charge >= 0.3 is 0 Å². The van der Waals surface area contributed by atoms with Gasteiger partial charge in [-0.3, -0.25) is 0 Å². The Labute approximate surface area is 107 Å². The molecule has 1 aromatic heterocycles. The van der Waals surface area contributed by atoms with Gasteiger partial charge in [0.05, 0.1) is 19.8 Å². The van der Waals surface area contributed by atoms with Crippen LogP contribution in [-0.4, -0.2) is 48.0 Å². The minimum atomic E-state index is 0.0669. The van der Waals surface area contributed by atoms with Gasteiger partial charge in [0.1, 0.15) is 12.1 Å². The lowest BCUT2D eigenvalue weighted by atomic mass is 10.4. The van der Waals surface area contributed by atoms with Gasteiger partial charge in [-0.15, -0.1) is 0 Å². The van der Waals surface area contributed by atoms with Gasteiger partial charge in [-0.2, -0.15) is 0 Å². The second-order valence-corrected chi connectivity index (χ2v) is 3.71. The van der Waals surface area contributed by atoms with Crippen LogP contribution in [0.5, 0.6) is 5.88 Å². The molecule has 6 nitrogen and oxygen atoms in total. The number of hydrogen-bond donors (Lipinski definition) is 2. The van der Waals surface area contributed by atoms with E-state index in [1.807, 2.05) is 6.92 Å². The van der Waals surface area contributed by atoms with Crippen molar-refractivity contribution in [3.8, 4) is 5.88 Å².